The van der Waals surface area contributed by atoms with Crippen molar-refractivity contribution in [3.8, 4) is 6.07 Å². The second-order valence-corrected chi connectivity index (χ2v) is 4.27. The molecule has 0 aliphatic heterocycles. The van der Waals surface area contributed by atoms with Crippen LogP contribution in [0, 0.1) is 11.3 Å². The predicted molar refractivity (Wildman–Crippen MR) is 68.8 cm³/mol. The third kappa shape index (κ3) is 3.08. The number of carbonyl (C=O) groups is 1. The fourth-order valence-electron chi connectivity index (χ4n) is 1.74. The van der Waals surface area contributed by atoms with Crippen LogP contribution in [0.3, 0.4) is 0 Å². The fraction of sp³-hybridized carbons (Fsp3) is 0.429. The summed E-state index contributed by atoms with van der Waals surface area (Å²) < 4.78 is 4.73. The van der Waals surface area contributed by atoms with Crippen molar-refractivity contribution in [2.24, 2.45) is 0 Å². The average Bonchev–Trinajstić information content (AvgIpc) is 2.44. The molecular formula is C14H18N2O2. The van der Waals surface area contributed by atoms with Gasteiger partial charge in [0.05, 0.1) is 18.7 Å². The first-order chi connectivity index (χ1) is 8.51. The standard InChI is InChI=1S/C14H18N2O2/c1-10(16(3)11(2)14(17)18-4)13-7-5-12(9-15)6-8-13/h5-8,10-11H,1-4H3/t10-,11+/m1/s1. The lowest BCUT2D eigenvalue weighted by atomic mass is 10.0. The van der Waals surface area contributed by atoms with Crippen molar-refractivity contribution in [3.63, 3.8) is 0 Å². The second-order valence-electron chi connectivity index (χ2n) is 4.27. The van der Waals surface area contributed by atoms with Gasteiger partial charge in [-0.15, -0.1) is 0 Å². The highest BCUT2D eigenvalue weighted by atomic mass is 16.5. The molecule has 1 rings (SSSR count). The molecule has 0 saturated carbocycles. The summed E-state index contributed by atoms with van der Waals surface area (Å²) >= 11 is 0. The number of likely N-dealkylation sites (N-methyl/N-ethyl adjacent to an activating group) is 1. The van der Waals surface area contributed by atoms with Gasteiger partial charge in [0.25, 0.3) is 0 Å². The maximum absolute atomic E-state index is 11.5. The summed E-state index contributed by atoms with van der Waals surface area (Å²) in [6.07, 6.45) is 0. The van der Waals surface area contributed by atoms with E-state index in [9.17, 15) is 4.79 Å². The molecular weight excluding hydrogens is 228 g/mol. The summed E-state index contributed by atoms with van der Waals surface area (Å²) in [4.78, 5) is 13.4. The van der Waals surface area contributed by atoms with Gasteiger partial charge in [0.2, 0.25) is 0 Å². The minimum Gasteiger partial charge on any atom is -0.468 e. The summed E-state index contributed by atoms with van der Waals surface area (Å²) in [6, 6.07) is 9.23. The van der Waals surface area contributed by atoms with E-state index < -0.39 is 0 Å². The van der Waals surface area contributed by atoms with Crippen molar-refractivity contribution < 1.29 is 9.53 Å². The Kier molecular flexibility index (Phi) is 4.87. The molecule has 0 radical (unpaired) electrons. The molecule has 2 atom stereocenters. The maximum Gasteiger partial charge on any atom is 0.322 e. The minimum atomic E-state index is -0.305. The zero-order valence-corrected chi connectivity index (χ0v) is 11.2. The minimum absolute atomic E-state index is 0.0758. The number of rotatable bonds is 4. The molecule has 0 N–H and O–H groups in total. The van der Waals surface area contributed by atoms with Crippen LogP contribution in [0.4, 0.5) is 0 Å². The summed E-state index contributed by atoms with van der Waals surface area (Å²) in [5.41, 5.74) is 1.70. The van der Waals surface area contributed by atoms with Crippen LogP contribution >= 0.6 is 0 Å². The van der Waals surface area contributed by atoms with Crippen molar-refractivity contribution >= 4 is 5.97 Å². The highest BCUT2D eigenvalue weighted by molar-refractivity contribution is 5.75. The molecule has 0 aliphatic rings. The monoisotopic (exact) mass is 246 g/mol. The van der Waals surface area contributed by atoms with E-state index in [2.05, 4.69) is 6.07 Å². The van der Waals surface area contributed by atoms with Crippen LogP contribution in [0.1, 0.15) is 31.0 Å². The van der Waals surface area contributed by atoms with Gasteiger partial charge in [0.15, 0.2) is 0 Å². The Bertz CT molecular complexity index is 448. The number of methoxy groups -OCH3 is 1. The first-order valence-electron chi connectivity index (χ1n) is 5.81. The Morgan fingerprint density at radius 3 is 2.33 bits per heavy atom. The van der Waals surface area contributed by atoms with E-state index in [0.29, 0.717) is 5.56 Å². The molecule has 4 nitrogen and oxygen atoms in total. The number of hydrogen-bond acceptors (Lipinski definition) is 4. The van der Waals surface area contributed by atoms with Crippen molar-refractivity contribution in [1.82, 2.24) is 4.90 Å². The Hall–Kier alpha value is -1.86. The Labute approximate surface area is 108 Å². The van der Waals surface area contributed by atoms with Gasteiger partial charge in [-0.3, -0.25) is 9.69 Å². The number of nitriles is 1. The SMILES string of the molecule is COC(=O)[C@H](C)N(C)[C@H](C)c1ccc(C#N)cc1. The summed E-state index contributed by atoms with van der Waals surface area (Å²) in [7, 11) is 3.27. The second kappa shape index (κ2) is 6.18. The molecule has 1 aromatic carbocycles. The Morgan fingerprint density at radius 1 is 1.33 bits per heavy atom. The lowest BCUT2D eigenvalue weighted by Gasteiger charge is -2.29. The normalized spacial score (nSPS) is 13.8. The lowest BCUT2D eigenvalue weighted by molar-refractivity contribution is -0.146. The zero-order chi connectivity index (χ0) is 13.7. The number of hydrogen-bond donors (Lipinski definition) is 0. The van der Waals surface area contributed by atoms with E-state index >= 15 is 0 Å². The van der Waals surface area contributed by atoms with Crippen molar-refractivity contribution in [2.45, 2.75) is 25.9 Å². The van der Waals surface area contributed by atoms with Crippen LogP contribution in [0.2, 0.25) is 0 Å². The van der Waals surface area contributed by atoms with Crippen LogP contribution in [0.15, 0.2) is 24.3 Å². The van der Waals surface area contributed by atoms with Crippen molar-refractivity contribution in [2.75, 3.05) is 14.2 Å². The summed E-state index contributed by atoms with van der Waals surface area (Å²) in [6.45, 7) is 3.83. The summed E-state index contributed by atoms with van der Waals surface area (Å²) in [5.74, 6) is -0.252. The van der Waals surface area contributed by atoms with Gasteiger partial charge in [-0.2, -0.15) is 5.26 Å². The molecule has 0 aromatic heterocycles. The number of esters is 1. The fourth-order valence-corrected chi connectivity index (χ4v) is 1.74. The quantitative estimate of drug-likeness (QED) is 0.763. The third-order valence-electron chi connectivity index (χ3n) is 3.29. The average molecular weight is 246 g/mol. The predicted octanol–water partition coefficient (Wildman–Crippen LogP) is 2.11. The van der Waals surface area contributed by atoms with E-state index in [-0.39, 0.29) is 18.1 Å². The van der Waals surface area contributed by atoms with Gasteiger partial charge in [0, 0.05) is 6.04 Å². The summed E-state index contributed by atoms with van der Waals surface area (Å²) in [5, 5.41) is 8.75. The number of carbonyl (C=O) groups excluding carboxylic acids is 1. The number of nitrogens with zero attached hydrogens (tertiary/aromatic N) is 2. The number of ether oxygens (including phenoxy) is 1. The molecule has 0 saturated heterocycles. The van der Waals surface area contributed by atoms with Crippen LogP contribution in [-0.2, 0) is 9.53 Å². The molecule has 0 bridgehead atoms. The van der Waals surface area contributed by atoms with Gasteiger partial charge in [-0.05, 0) is 38.6 Å². The molecule has 0 heterocycles. The van der Waals surface area contributed by atoms with Gasteiger partial charge in [0.1, 0.15) is 6.04 Å². The number of benzene rings is 1. The molecule has 18 heavy (non-hydrogen) atoms. The first-order valence-corrected chi connectivity index (χ1v) is 5.81. The van der Waals surface area contributed by atoms with Gasteiger partial charge in [-0.1, -0.05) is 12.1 Å². The topological polar surface area (TPSA) is 53.3 Å². The van der Waals surface area contributed by atoms with Crippen LogP contribution in [-0.4, -0.2) is 31.1 Å². The van der Waals surface area contributed by atoms with Crippen LogP contribution in [0.5, 0.6) is 0 Å². The molecule has 0 spiro atoms. The highest BCUT2D eigenvalue weighted by Gasteiger charge is 2.23. The van der Waals surface area contributed by atoms with Crippen LogP contribution in [0.25, 0.3) is 0 Å². The van der Waals surface area contributed by atoms with E-state index in [0.717, 1.165) is 5.56 Å². The van der Waals surface area contributed by atoms with Crippen LogP contribution < -0.4 is 0 Å². The van der Waals surface area contributed by atoms with E-state index in [1.807, 2.05) is 37.9 Å². The largest absolute Gasteiger partial charge is 0.468 e. The molecule has 4 heteroatoms. The van der Waals surface area contributed by atoms with E-state index in [1.54, 1.807) is 12.1 Å². The third-order valence-corrected chi connectivity index (χ3v) is 3.29. The van der Waals surface area contributed by atoms with Gasteiger partial charge >= 0.3 is 5.97 Å². The Morgan fingerprint density at radius 2 is 1.89 bits per heavy atom. The maximum atomic E-state index is 11.5. The molecule has 0 unspecified atom stereocenters. The molecule has 0 aliphatic carbocycles. The Balaban J connectivity index is 2.82. The zero-order valence-electron chi connectivity index (χ0n) is 11.2. The smallest absolute Gasteiger partial charge is 0.322 e. The van der Waals surface area contributed by atoms with E-state index in [1.165, 1.54) is 7.11 Å². The van der Waals surface area contributed by atoms with Gasteiger partial charge < -0.3 is 4.74 Å². The first kappa shape index (κ1) is 14.2. The molecule has 1 aromatic rings. The van der Waals surface area contributed by atoms with Crippen molar-refractivity contribution in [3.05, 3.63) is 35.4 Å². The molecule has 0 amide bonds. The lowest BCUT2D eigenvalue weighted by Crippen LogP contribution is -2.38. The van der Waals surface area contributed by atoms with Crippen molar-refractivity contribution in [1.29, 1.82) is 5.26 Å². The van der Waals surface area contributed by atoms with E-state index in [4.69, 9.17) is 10.00 Å². The highest BCUT2D eigenvalue weighted by Crippen LogP contribution is 2.21. The molecule has 0 fully saturated rings. The molecule has 96 valence electrons. The van der Waals surface area contributed by atoms with Gasteiger partial charge in [-0.25, -0.2) is 0 Å².